The zero-order valence-corrected chi connectivity index (χ0v) is 17.8. The van der Waals surface area contributed by atoms with Crippen molar-refractivity contribution in [3.63, 3.8) is 0 Å². The number of nitrogens with zero attached hydrogens (tertiary/aromatic N) is 4. The molecule has 0 aliphatic rings. The van der Waals surface area contributed by atoms with Crippen LogP contribution in [0.5, 0.6) is 0 Å². The van der Waals surface area contributed by atoms with Gasteiger partial charge in [-0.2, -0.15) is 0 Å². The van der Waals surface area contributed by atoms with Crippen LogP contribution in [0.1, 0.15) is 51.0 Å². The Morgan fingerprint density at radius 3 is 2.14 bits per heavy atom. The number of hydrogen-bond acceptors (Lipinski definition) is 2. The molecule has 0 spiro atoms. The maximum atomic E-state index is 4.85. The summed E-state index contributed by atoms with van der Waals surface area (Å²) in [4.78, 5) is 9.37. The molecule has 0 aliphatic heterocycles. The Bertz CT molecular complexity index is 1130. The number of aromatic nitrogens is 4. The first-order valence-corrected chi connectivity index (χ1v) is 10.2. The lowest BCUT2D eigenvalue weighted by Crippen LogP contribution is -1.98. The molecular formula is C25H28N4. The van der Waals surface area contributed by atoms with Gasteiger partial charge in [0, 0.05) is 36.6 Å². The number of rotatable bonds is 5. The van der Waals surface area contributed by atoms with E-state index < -0.39 is 0 Å². The van der Waals surface area contributed by atoms with Crippen LogP contribution < -0.4 is 0 Å². The predicted octanol–water partition coefficient (Wildman–Crippen LogP) is 6.19. The van der Waals surface area contributed by atoms with Gasteiger partial charge in [-0.05, 0) is 35.2 Å². The minimum Gasteiger partial charge on any atom is -0.337 e. The second-order valence-corrected chi connectivity index (χ2v) is 8.24. The van der Waals surface area contributed by atoms with E-state index in [0.717, 1.165) is 28.5 Å². The van der Waals surface area contributed by atoms with E-state index in [0.29, 0.717) is 11.8 Å². The summed E-state index contributed by atoms with van der Waals surface area (Å²) in [6.07, 6.45) is 6.12. The first-order valence-electron chi connectivity index (χ1n) is 10.2. The highest BCUT2D eigenvalue weighted by Gasteiger charge is 2.11. The lowest BCUT2D eigenvalue weighted by Gasteiger charge is -2.08. The molecule has 2 heterocycles. The lowest BCUT2D eigenvalue weighted by atomic mass is 10.0. The van der Waals surface area contributed by atoms with Gasteiger partial charge in [0.2, 0.25) is 0 Å². The van der Waals surface area contributed by atoms with Crippen LogP contribution in [0.4, 0.5) is 0 Å². The molecule has 0 aliphatic carbocycles. The second kappa shape index (κ2) is 7.70. The molecule has 4 aromatic rings. The summed E-state index contributed by atoms with van der Waals surface area (Å²) in [5, 5.41) is 0. The van der Waals surface area contributed by atoms with E-state index in [9.17, 15) is 0 Å². The zero-order valence-electron chi connectivity index (χ0n) is 17.8. The van der Waals surface area contributed by atoms with E-state index in [4.69, 9.17) is 4.98 Å². The fraction of sp³-hybridized carbons (Fsp3) is 0.280. The summed E-state index contributed by atoms with van der Waals surface area (Å²) in [5.74, 6) is 1.93. The van der Waals surface area contributed by atoms with Gasteiger partial charge in [0.15, 0.2) is 0 Å². The second-order valence-electron chi connectivity index (χ2n) is 8.24. The molecule has 0 saturated heterocycles. The van der Waals surface area contributed by atoms with Gasteiger partial charge in [0.1, 0.15) is 5.82 Å². The van der Waals surface area contributed by atoms with Gasteiger partial charge in [0.25, 0.3) is 0 Å². The molecule has 4 rings (SSSR count). The Hall–Kier alpha value is -3.14. The average Bonchev–Trinajstić information content (AvgIpc) is 3.35. The van der Waals surface area contributed by atoms with Crippen molar-refractivity contribution in [3.05, 3.63) is 78.8 Å². The first kappa shape index (κ1) is 19.2. The van der Waals surface area contributed by atoms with E-state index >= 15 is 0 Å². The highest BCUT2D eigenvalue weighted by molar-refractivity contribution is 5.72. The molecule has 0 atom stereocenters. The Balaban J connectivity index is 1.69. The summed E-state index contributed by atoms with van der Waals surface area (Å²) in [7, 11) is 2.07. The van der Waals surface area contributed by atoms with Gasteiger partial charge in [-0.3, -0.25) is 0 Å². The molecule has 0 amide bonds. The molecule has 148 valence electrons. The number of benzene rings is 2. The van der Waals surface area contributed by atoms with Crippen LogP contribution in [0.15, 0.2) is 67.3 Å². The molecule has 0 fully saturated rings. The molecule has 0 saturated carbocycles. The van der Waals surface area contributed by atoms with Crippen molar-refractivity contribution < 1.29 is 0 Å². The van der Waals surface area contributed by atoms with Crippen molar-refractivity contribution in [2.24, 2.45) is 7.05 Å². The van der Waals surface area contributed by atoms with Gasteiger partial charge < -0.3 is 9.13 Å². The van der Waals surface area contributed by atoms with Gasteiger partial charge >= 0.3 is 0 Å². The Labute approximate surface area is 172 Å². The van der Waals surface area contributed by atoms with E-state index in [2.05, 4.69) is 110 Å². The van der Waals surface area contributed by atoms with Crippen LogP contribution in [-0.2, 0) is 7.05 Å². The van der Waals surface area contributed by atoms with Crippen LogP contribution in [0.3, 0.4) is 0 Å². The van der Waals surface area contributed by atoms with Crippen molar-refractivity contribution in [3.8, 4) is 28.1 Å². The summed E-state index contributed by atoms with van der Waals surface area (Å²) >= 11 is 0. The molecular weight excluding hydrogens is 356 g/mol. The largest absolute Gasteiger partial charge is 0.337 e. The van der Waals surface area contributed by atoms with E-state index in [1.165, 1.54) is 11.1 Å². The lowest BCUT2D eigenvalue weighted by molar-refractivity contribution is 0.711. The highest BCUT2D eigenvalue weighted by atomic mass is 15.1. The van der Waals surface area contributed by atoms with Gasteiger partial charge in [0.05, 0.1) is 17.7 Å². The van der Waals surface area contributed by atoms with Gasteiger partial charge in [-0.25, -0.2) is 9.97 Å². The summed E-state index contributed by atoms with van der Waals surface area (Å²) in [6.45, 7) is 8.68. The molecule has 2 aromatic heterocycles. The standard InChI is InChI=1S/C25H28N4/c1-17(2)23-15-29(16-26-23)22-11-7-9-20(13-22)19-8-6-10-21(12-19)24-14-28(5)25(27-24)18(3)4/h6-18H,1-5H3. The maximum Gasteiger partial charge on any atom is 0.111 e. The third-order valence-corrected chi connectivity index (χ3v) is 5.26. The molecule has 29 heavy (non-hydrogen) atoms. The quantitative estimate of drug-likeness (QED) is 0.411. The van der Waals surface area contributed by atoms with E-state index in [1.54, 1.807) is 0 Å². The van der Waals surface area contributed by atoms with Crippen molar-refractivity contribution in [2.75, 3.05) is 0 Å². The van der Waals surface area contributed by atoms with Crippen LogP contribution in [0.2, 0.25) is 0 Å². The first-order chi connectivity index (χ1) is 13.9. The molecule has 0 bridgehead atoms. The fourth-order valence-electron chi connectivity index (χ4n) is 3.64. The molecule has 0 radical (unpaired) electrons. The minimum atomic E-state index is 0.402. The highest BCUT2D eigenvalue weighted by Crippen LogP contribution is 2.28. The summed E-state index contributed by atoms with van der Waals surface area (Å²) < 4.78 is 4.22. The number of hydrogen-bond donors (Lipinski definition) is 0. The average molecular weight is 385 g/mol. The smallest absolute Gasteiger partial charge is 0.111 e. The monoisotopic (exact) mass is 384 g/mol. The van der Waals surface area contributed by atoms with Crippen LogP contribution in [-0.4, -0.2) is 19.1 Å². The summed E-state index contributed by atoms with van der Waals surface area (Å²) in [5.41, 5.74) is 6.75. The summed E-state index contributed by atoms with van der Waals surface area (Å²) in [6, 6.07) is 17.2. The van der Waals surface area contributed by atoms with E-state index in [-0.39, 0.29) is 0 Å². The molecule has 4 nitrogen and oxygen atoms in total. The third kappa shape index (κ3) is 3.88. The topological polar surface area (TPSA) is 35.6 Å². The molecule has 2 aromatic carbocycles. The van der Waals surface area contributed by atoms with Crippen molar-refractivity contribution >= 4 is 0 Å². The molecule has 0 N–H and O–H groups in total. The predicted molar refractivity (Wildman–Crippen MR) is 119 cm³/mol. The van der Waals surface area contributed by atoms with Gasteiger partial charge in [-0.1, -0.05) is 58.0 Å². The third-order valence-electron chi connectivity index (χ3n) is 5.26. The minimum absolute atomic E-state index is 0.402. The zero-order chi connectivity index (χ0) is 20.5. The van der Waals surface area contributed by atoms with Crippen LogP contribution in [0, 0.1) is 0 Å². The number of imidazole rings is 2. The Morgan fingerprint density at radius 2 is 1.48 bits per heavy atom. The van der Waals surface area contributed by atoms with Crippen LogP contribution >= 0.6 is 0 Å². The Morgan fingerprint density at radius 1 is 0.793 bits per heavy atom. The van der Waals surface area contributed by atoms with Crippen molar-refractivity contribution in [2.45, 2.75) is 39.5 Å². The molecule has 0 unspecified atom stereocenters. The SMILES string of the molecule is CC(C)c1cn(-c2cccc(-c3cccc(-c4cn(C)c(C(C)C)n4)c3)c2)cn1. The number of aryl methyl sites for hydroxylation is 1. The Kier molecular flexibility index (Phi) is 5.10. The normalized spacial score (nSPS) is 11.6. The van der Waals surface area contributed by atoms with E-state index in [1.807, 2.05) is 6.33 Å². The van der Waals surface area contributed by atoms with Crippen LogP contribution in [0.25, 0.3) is 28.1 Å². The van der Waals surface area contributed by atoms with Crippen molar-refractivity contribution in [1.82, 2.24) is 19.1 Å². The maximum absolute atomic E-state index is 4.85. The molecule has 4 heteroatoms. The van der Waals surface area contributed by atoms with Gasteiger partial charge in [-0.15, -0.1) is 0 Å². The van der Waals surface area contributed by atoms with Crippen molar-refractivity contribution in [1.29, 1.82) is 0 Å². The fourth-order valence-corrected chi connectivity index (χ4v) is 3.64.